The van der Waals surface area contributed by atoms with E-state index in [0.29, 0.717) is 17.5 Å². The lowest BCUT2D eigenvalue weighted by Gasteiger charge is -2.28. The molecule has 0 unspecified atom stereocenters. The Morgan fingerprint density at radius 3 is 1.55 bits per heavy atom. The number of amides is 15. The number of aromatic nitrogens is 2. The minimum Gasteiger partial charge on any atom is -0.508 e. The molecule has 598 valence electrons. The summed E-state index contributed by atoms with van der Waals surface area (Å²) in [5.41, 5.74) is 17.5. The first-order valence-corrected chi connectivity index (χ1v) is 35.3. The minimum atomic E-state index is -1.96. The molecule has 3 aromatic rings. The smallest absolute Gasteiger partial charge is 0.326 e. The van der Waals surface area contributed by atoms with Crippen molar-refractivity contribution in [2.75, 3.05) is 32.8 Å². The van der Waals surface area contributed by atoms with Crippen LogP contribution >= 0.6 is 0 Å². The molecular formula is C69H102N20O20. The number of imidazole rings is 1. The van der Waals surface area contributed by atoms with Gasteiger partial charge in [-0.25, -0.2) is 9.78 Å². The highest BCUT2D eigenvalue weighted by molar-refractivity contribution is 6.01. The fourth-order valence-electron chi connectivity index (χ4n) is 10.9. The molecule has 40 nitrogen and oxygen atoms in total. The molecule has 0 saturated carbocycles. The monoisotopic (exact) mass is 1530 g/mol. The van der Waals surface area contributed by atoms with Crippen LogP contribution in [0.15, 0.2) is 72.1 Å². The molecule has 4 rings (SSSR count). The van der Waals surface area contributed by atoms with Gasteiger partial charge in [0.25, 0.3) is 0 Å². The molecule has 1 saturated heterocycles. The Balaban J connectivity index is 1.85. The maximum atomic E-state index is 14.6. The van der Waals surface area contributed by atoms with Crippen LogP contribution < -0.4 is 91.6 Å². The molecule has 25 N–H and O–H groups in total. The van der Waals surface area contributed by atoms with Crippen LogP contribution in [-0.2, 0) is 96.0 Å². The normalized spacial score (nSPS) is 22.6. The minimum absolute atomic E-state index is 0.0520. The van der Waals surface area contributed by atoms with Crippen LogP contribution in [-0.4, -0.2) is 236 Å². The van der Waals surface area contributed by atoms with Crippen molar-refractivity contribution >= 4 is 101 Å². The summed E-state index contributed by atoms with van der Waals surface area (Å²) < 4.78 is 0. The molecule has 1 aliphatic rings. The van der Waals surface area contributed by atoms with E-state index in [1.54, 1.807) is 58.0 Å². The standard InChI is InChI=1S/C69H102N20O20/c1-8-35(5)55(67(107)88-56(68(108)109)36(6)9-2)86-50(94)27-47-59(99)76-30-52(96)80-44(24-38-14-11-10-12-15-38)58(98)75-29-51(95)79-43(21-22-49(70)93)61(101)83-46(26-40-28-73-33-78-40)62(102)85-48(32-90)64(104)81-42(16-13-23-74-69(71)72)60(100)82-45(25-39-17-19-41(92)20-18-39)63(103)89-57(37(7)91)65(105)77-31-53(97)87-54(34(3)4)66(106)84-47/h10-12,14-15,17-20,28,33-37,42-48,54-57,90-92H,8-9,13,16,21-27,29-32H2,1-7H3,(H2,70,93)(H,73,78)(H,75,98)(H,76,99)(H,77,105)(H,79,95)(H,80,96)(H,81,104)(H,82,100)(H,83,101)(H,84,106)(H,85,102)(H,86,94)(H,87,97)(H,88,107)(H,89,103)(H,108,109)(H4,71,72,74)/t35-,36-,37+,42-,43-,44-,45-,46-,47-,48-,54-,55-,56-,57-/m0/s1. The summed E-state index contributed by atoms with van der Waals surface area (Å²) in [5.74, 6) is -20.4. The van der Waals surface area contributed by atoms with Gasteiger partial charge in [-0.05, 0) is 67.2 Å². The number of phenols is 1. The topological polar surface area (TPSA) is 642 Å². The van der Waals surface area contributed by atoms with Crippen LogP contribution in [0.1, 0.15) is 110 Å². The van der Waals surface area contributed by atoms with Crippen molar-refractivity contribution < 1.29 is 97.1 Å². The third kappa shape index (κ3) is 30.9. The van der Waals surface area contributed by atoms with Crippen molar-refractivity contribution in [3.63, 3.8) is 0 Å². The average Bonchev–Trinajstić information content (AvgIpc) is 1.30. The number of aromatic hydroxyl groups is 1. The Labute approximate surface area is 627 Å². The zero-order valence-corrected chi connectivity index (χ0v) is 61.6. The number of hydrogen-bond donors (Lipinski definition) is 22. The number of primary amides is 1. The lowest BCUT2D eigenvalue weighted by molar-refractivity contribution is -0.144. The molecule has 2 aromatic carbocycles. The molecule has 14 atom stereocenters. The lowest BCUT2D eigenvalue weighted by atomic mass is 9.95. The third-order valence-corrected chi connectivity index (χ3v) is 17.5. The van der Waals surface area contributed by atoms with Gasteiger partial charge >= 0.3 is 5.97 Å². The summed E-state index contributed by atoms with van der Waals surface area (Å²) >= 11 is 0. The van der Waals surface area contributed by atoms with Gasteiger partial charge in [-0.2, -0.15) is 0 Å². The van der Waals surface area contributed by atoms with Gasteiger partial charge in [0.15, 0.2) is 5.96 Å². The zero-order chi connectivity index (χ0) is 81.2. The van der Waals surface area contributed by atoms with E-state index in [0.717, 1.165) is 6.92 Å². The van der Waals surface area contributed by atoms with Crippen molar-refractivity contribution in [2.45, 2.75) is 185 Å². The van der Waals surface area contributed by atoms with Crippen LogP contribution in [0.25, 0.3) is 0 Å². The first kappa shape index (κ1) is 89.6. The molecule has 2 heterocycles. The van der Waals surface area contributed by atoms with Crippen molar-refractivity contribution in [1.82, 2.24) is 84.4 Å². The van der Waals surface area contributed by atoms with Gasteiger partial charge in [-0.3, -0.25) is 76.9 Å². The molecule has 40 heteroatoms. The Morgan fingerprint density at radius 2 is 1.02 bits per heavy atom. The number of H-pyrrole nitrogens is 1. The SMILES string of the molecule is CC[C@H](C)[C@H](NC(=O)[C@@H](NC(=O)C[C@@H]1NC(=O)[C@H](C(C)C)NC(=O)CNC(=O)[C@H]([C@@H](C)O)NC(=O)[C@H](Cc2ccc(O)cc2)NC(=O)[C@H](CCCN=C(N)N)NC(=O)[C@H](CO)NC(=O)[C@H](Cc2cnc[nH]2)NC(=O)[C@H](CCC(N)=O)NC(=O)CNC(=O)[C@H](Cc2ccccc2)NC(=O)CNC1=O)[C@@H](C)CC)C(=O)O. The molecular weight excluding hydrogens is 1430 g/mol. The molecule has 1 aromatic heterocycles. The Kier molecular flexibility index (Phi) is 36.9. The molecule has 1 aliphatic heterocycles. The number of guanidine groups is 1. The van der Waals surface area contributed by atoms with Crippen molar-refractivity contribution in [3.8, 4) is 5.75 Å². The fraction of sp³-hybridized carbons (Fsp3) is 0.536. The second-order valence-electron chi connectivity index (χ2n) is 26.5. The van der Waals surface area contributed by atoms with Gasteiger partial charge in [0.1, 0.15) is 72.2 Å². The van der Waals surface area contributed by atoms with Gasteiger partial charge in [-0.15, -0.1) is 0 Å². The Bertz CT molecular complexity index is 3670. The van der Waals surface area contributed by atoms with Crippen molar-refractivity contribution in [3.05, 3.63) is 83.9 Å². The van der Waals surface area contributed by atoms with Gasteiger partial charge in [-0.1, -0.05) is 96.8 Å². The number of nitrogens with zero attached hydrogens (tertiary/aromatic N) is 2. The number of nitrogens with two attached hydrogens (primary N) is 3. The van der Waals surface area contributed by atoms with E-state index >= 15 is 0 Å². The average molecular weight is 1530 g/mol. The summed E-state index contributed by atoms with van der Waals surface area (Å²) in [6.07, 6.45) is -2.13. The molecule has 0 spiro atoms. The van der Waals surface area contributed by atoms with E-state index in [2.05, 4.69) is 89.4 Å². The van der Waals surface area contributed by atoms with E-state index < -0.39 is 243 Å². The number of benzene rings is 2. The third-order valence-electron chi connectivity index (χ3n) is 17.5. The Hall–Kier alpha value is -11.8. The van der Waals surface area contributed by atoms with E-state index in [-0.39, 0.29) is 49.6 Å². The second kappa shape index (κ2) is 45.0. The summed E-state index contributed by atoms with van der Waals surface area (Å²) in [4.78, 5) is 234. The highest BCUT2D eigenvalue weighted by atomic mass is 16.4. The van der Waals surface area contributed by atoms with Crippen LogP contribution in [0.2, 0.25) is 0 Å². The second-order valence-corrected chi connectivity index (χ2v) is 26.5. The van der Waals surface area contributed by atoms with E-state index in [4.69, 9.17) is 17.2 Å². The lowest BCUT2D eigenvalue weighted by Crippen LogP contribution is -2.61. The molecule has 109 heavy (non-hydrogen) atoms. The van der Waals surface area contributed by atoms with Gasteiger partial charge < -0.3 is 117 Å². The van der Waals surface area contributed by atoms with E-state index in [1.807, 2.05) is 0 Å². The first-order chi connectivity index (χ1) is 51.5. The summed E-state index contributed by atoms with van der Waals surface area (Å²) in [7, 11) is 0. The number of rotatable bonds is 26. The summed E-state index contributed by atoms with van der Waals surface area (Å²) in [6, 6.07) is -5.22. The van der Waals surface area contributed by atoms with Crippen molar-refractivity contribution in [1.29, 1.82) is 0 Å². The number of aliphatic carboxylic acids is 1. The zero-order valence-electron chi connectivity index (χ0n) is 61.6. The summed E-state index contributed by atoms with van der Waals surface area (Å²) in [6.45, 7) is 6.44. The fourth-order valence-corrected chi connectivity index (χ4v) is 10.9. The maximum absolute atomic E-state index is 14.6. The first-order valence-electron chi connectivity index (χ1n) is 35.3. The largest absolute Gasteiger partial charge is 0.508 e. The number of aliphatic imine (C=N–C) groups is 1. The number of carbonyl (C=O) groups is 16. The van der Waals surface area contributed by atoms with Gasteiger partial charge in [0, 0.05) is 44.1 Å². The molecule has 15 amide bonds. The highest BCUT2D eigenvalue weighted by Crippen LogP contribution is 2.16. The van der Waals surface area contributed by atoms with Gasteiger partial charge in [0.05, 0.1) is 45.1 Å². The highest BCUT2D eigenvalue weighted by Gasteiger charge is 2.39. The van der Waals surface area contributed by atoms with Crippen LogP contribution in [0.4, 0.5) is 0 Å². The van der Waals surface area contributed by atoms with E-state index in [9.17, 15) is 97.1 Å². The van der Waals surface area contributed by atoms with Crippen molar-refractivity contribution in [2.24, 2.45) is 39.9 Å². The van der Waals surface area contributed by atoms with Crippen LogP contribution in [0, 0.1) is 17.8 Å². The molecule has 0 aliphatic carbocycles. The van der Waals surface area contributed by atoms with E-state index in [1.165, 1.54) is 50.6 Å². The number of aliphatic hydroxyl groups excluding tert-OH is 2. The number of aromatic amines is 1. The number of carbonyl (C=O) groups excluding carboxylic acids is 15. The maximum Gasteiger partial charge on any atom is 0.326 e. The molecule has 0 bridgehead atoms. The number of hydrogen-bond acceptors (Lipinski definition) is 21. The quantitative estimate of drug-likeness (QED) is 0.0202. The van der Waals surface area contributed by atoms with Crippen LogP contribution in [0.3, 0.4) is 0 Å². The molecule has 1 fully saturated rings. The number of carboxylic acids is 1. The predicted molar refractivity (Wildman–Crippen MR) is 388 cm³/mol. The summed E-state index contributed by atoms with van der Waals surface area (Å²) in [5, 5.41) is 75.3. The van der Waals surface area contributed by atoms with Crippen LogP contribution in [0.5, 0.6) is 5.75 Å². The number of phenolic OH excluding ortho intramolecular Hbond substituents is 1. The molecule has 0 radical (unpaired) electrons. The number of carboxylic acid groups (broad SMARTS) is 1. The number of nitrogens with one attached hydrogen (secondary N) is 15. The number of aliphatic hydroxyl groups is 2. The Morgan fingerprint density at radius 1 is 0.541 bits per heavy atom. The van der Waals surface area contributed by atoms with Gasteiger partial charge in [0.2, 0.25) is 88.6 Å². The predicted octanol–water partition coefficient (Wildman–Crippen LogP) is -7.25.